The minimum absolute atomic E-state index is 0. The Hall–Kier alpha value is -3.90. The Balaban J connectivity index is 0.000000186. The van der Waals surface area contributed by atoms with Crippen molar-refractivity contribution < 1.29 is 20.1 Å². The van der Waals surface area contributed by atoms with Gasteiger partial charge in [-0.25, -0.2) is 5.26 Å². The van der Waals surface area contributed by atoms with E-state index in [0.29, 0.717) is 5.56 Å². The van der Waals surface area contributed by atoms with Gasteiger partial charge in [-0.05, 0) is 34.1 Å². The van der Waals surface area contributed by atoms with E-state index in [2.05, 4.69) is 46.4 Å². The Bertz CT molecular complexity index is 1220. The van der Waals surface area contributed by atoms with Crippen molar-refractivity contribution in [3.05, 3.63) is 133 Å². The van der Waals surface area contributed by atoms with Crippen LogP contribution in [-0.2, 0) is 20.1 Å². The van der Waals surface area contributed by atoms with Gasteiger partial charge in [0.05, 0.1) is 0 Å². The number of aromatic nitrogens is 2. The second-order valence-electron chi connectivity index (χ2n) is 6.89. The van der Waals surface area contributed by atoms with E-state index in [4.69, 9.17) is 5.26 Å². The smallest absolute Gasteiger partial charge is 0.0476 e. The summed E-state index contributed by atoms with van der Waals surface area (Å²) in [6, 6.07) is 41.5. The van der Waals surface area contributed by atoms with Crippen LogP contribution in [0.4, 0.5) is 0 Å². The third-order valence-corrected chi connectivity index (χ3v) is 4.74. The summed E-state index contributed by atoms with van der Waals surface area (Å²) in [5.41, 5.74) is 6.70. The number of pyridine rings is 2. The maximum atomic E-state index is 8.61. The number of hydrogen-bond acceptors (Lipinski definition) is 3. The van der Waals surface area contributed by atoms with Gasteiger partial charge in [0.1, 0.15) is 0 Å². The molecule has 0 aliphatic carbocycles. The van der Waals surface area contributed by atoms with E-state index in [1.165, 1.54) is 5.56 Å². The Kier molecular flexibility index (Phi) is 8.79. The summed E-state index contributed by atoms with van der Waals surface area (Å²) >= 11 is 0. The van der Waals surface area contributed by atoms with Crippen molar-refractivity contribution in [3.8, 4) is 39.7 Å². The summed E-state index contributed by atoms with van der Waals surface area (Å²) < 4.78 is 0. The first-order valence-corrected chi connectivity index (χ1v) is 10.2. The molecule has 0 aliphatic heterocycles. The second kappa shape index (κ2) is 12.2. The minimum Gasteiger partial charge on any atom is -0.305 e. The molecule has 0 aliphatic rings. The fourth-order valence-electron chi connectivity index (χ4n) is 3.08. The van der Waals surface area contributed by atoms with Crippen molar-refractivity contribution in [1.82, 2.24) is 9.97 Å². The van der Waals surface area contributed by atoms with E-state index in [1.54, 1.807) is 18.3 Å². The first kappa shape index (κ1) is 23.8. The number of nitriles is 1. The van der Waals surface area contributed by atoms with Crippen LogP contribution >= 0.6 is 0 Å². The molecular formula is C29H19IrN3-2. The molecule has 0 amide bonds. The Morgan fingerprint density at radius 3 is 2.00 bits per heavy atom. The van der Waals surface area contributed by atoms with Crippen molar-refractivity contribution in [2.75, 3.05) is 0 Å². The van der Waals surface area contributed by atoms with Crippen LogP contribution in [0.5, 0.6) is 0 Å². The van der Waals surface area contributed by atoms with Gasteiger partial charge in [0.25, 0.3) is 0 Å². The minimum atomic E-state index is 0. The summed E-state index contributed by atoms with van der Waals surface area (Å²) in [7, 11) is 0. The fourth-order valence-corrected chi connectivity index (χ4v) is 3.08. The third-order valence-electron chi connectivity index (χ3n) is 4.74. The van der Waals surface area contributed by atoms with E-state index >= 15 is 0 Å². The zero-order valence-corrected chi connectivity index (χ0v) is 20.0. The van der Waals surface area contributed by atoms with Crippen molar-refractivity contribution in [2.24, 2.45) is 0 Å². The molecule has 3 nitrogen and oxygen atoms in total. The number of rotatable bonds is 3. The quantitative estimate of drug-likeness (QED) is 0.218. The molecule has 0 saturated carbocycles. The molecule has 0 N–H and O–H groups in total. The molecule has 3 aromatic carbocycles. The summed E-state index contributed by atoms with van der Waals surface area (Å²) in [5, 5.41) is 8.61. The van der Waals surface area contributed by atoms with Crippen molar-refractivity contribution in [1.29, 1.82) is 5.26 Å². The third kappa shape index (κ3) is 6.54. The normalized spacial score (nSPS) is 9.55. The molecule has 2 aromatic heterocycles. The van der Waals surface area contributed by atoms with Gasteiger partial charge in [0.15, 0.2) is 0 Å². The Morgan fingerprint density at radius 1 is 0.636 bits per heavy atom. The standard InChI is InChI=1S/C17H12N.C12H7N2.Ir/c1-3-7-14(8-4-1)16-11-12-17(18-13-16)15-9-5-2-6-10-15;13-9-10-4-6-11(7-5-10)12-3-1-2-8-14-12;/h1-9,11-13H;1-6,8H;/q2*-1;. The monoisotopic (exact) mass is 602 g/mol. The second-order valence-corrected chi connectivity index (χ2v) is 6.89. The molecule has 4 heteroatoms. The van der Waals surface area contributed by atoms with E-state index in [-0.39, 0.29) is 20.1 Å². The van der Waals surface area contributed by atoms with E-state index in [9.17, 15) is 0 Å². The topological polar surface area (TPSA) is 49.6 Å². The van der Waals surface area contributed by atoms with Crippen molar-refractivity contribution in [3.63, 3.8) is 0 Å². The SMILES string of the molecule is N#Cc1c[c-]c(-c2ccccn2)cc1.[Ir].[c-]1ccccc1-c1ccc(-c2ccccc2)cn1. The van der Waals surface area contributed by atoms with Crippen LogP contribution in [0.3, 0.4) is 0 Å². The van der Waals surface area contributed by atoms with Crippen LogP contribution in [0.2, 0.25) is 0 Å². The average Bonchev–Trinajstić information content (AvgIpc) is 2.91. The predicted octanol–water partition coefficient (Wildman–Crippen LogP) is 6.63. The van der Waals surface area contributed by atoms with Gasteiger partial charge in [-0.3, -0.25) is 0 Å². The largest absolute Gasteiger partial charge is 0.305 e. The molecule has 0 spiro atoms. The maximum Gasteiger partial charge on any atom is 0.0476 e. The van der Waals surface area contributed by atoms with E-state index in [1.807, 2.05) is 79.0 Å². The molecule has 5 rings (SSSR count). The van der Waals surface area contributed by atoms with Crippen LogP contribution < -0.4 is 0 Å². The van der Waals surface area contributed by atoms with Gasteiger partial charge in [-0.15, -0.1) is 65.7 Å². The van der Waals surface area contributed by atoms with Gasteiger partial charge < -0.3 is 9.97 Å². The molecule has 1 radical (unpaired) electrons. The molecule has 0 atom stereocenters. The molecular weight excluding hydrogens is 583 g/mol. The molecule has 0 fully saturated rings. The van der Waals surface area contributed by atoms with Crippen molar-refractivity contribution in [2.45, 2.75) is 0 Å². The number of benzene rings is 3. The fraction of sp³-hybridized carbons (Fsp3) is 0. The van der Waals surface area contributed by atoms with Gasteiger partial charge >= 0.3 is 0 Å². The van der Waals surface area contributed by atoms with Gasteiger partial charge in [0.2, 0.25) is 0 Å². The van der Waals surface area contributed by atoms with E-state index < -0.39 is 0 Å². The van der Waals surface area contributed by atoms with Crippen LogP contribution in [0.1, 0.15) is 5.56 Å². The van der Waals surface area contributed by atoms with Crippen LogP contribution in [0, 0.1) is 23.5 Å². The molecule has 161 valence electrons. The molecule has 0 bridgehead atoms. The zero-order valence-electron chi connectivity index (χ0n) is 17.6. The molecule has 2 heterocycles. The molecule has 0 unspecified atom stereocenters. The van der Waals surface area contributed by atoms with Gasteiger partial charge in [0, 0.05) is 38.6 Å². The molecule has 5 aromatic rings. The average molecular weight is 602 g/mol. The predicted molar refractivity (Wildman–Crippen MR) is 127 cm³/mol. The molecule has 33 heavy (non-hydrogen) atoms. The van der Waals surface area contributed by atoms with E-state index in [0.717, 1.165) is 28.1 Å². The first-order valence-electron chi connectivity index (χ1n) is 10.2. The summed E-state index contributed by atoms with van der Waals surface area (Å²) in [5.74, 6) is 0. The number of nitrogens with zero attached hydrogens (tertiary/aromatic N) is 3. The van der Waals surface area contributed by atoms with Gasteiger partial charge in [-0.2, -0.15) is 0 Å². The summed E-state index contributed by atoms with van der Waals surface area (Å²) in [4.78, 5) is 8.68. The summed E-state index contributed by atoms with van der Waals surface area (Å²) in [6.45, 7) is 0. The summed E-state index contributed by atoms with van der Waals surface area (Å²) in [6.07, 6.45) is 3.65. The number of hydrogen-bond donors (Lipinski definition) is 0. The Labute approximate surface area is 207 Å². The zero-order chi connectivity index (χ0) is 22.0. The van der Waals surface area contributed by atoms with Crippen LogP contribution in [0.15, 0.2) is 116 Å². The first-order chi connectivity index (χ1) is 15.8. The molecule has 0 saturated heterocycles. The van der Waals surface area contributed by atoms with Crippen LogP contribution in [0.25, 0.3) is 33.6 Å². The van der Waals surface area contributed by atoms with Crippen molar-refractivity contribution >= 4 is 0 Å². The Morgan fingerprint density at radius 2 is 1.39 bits per heavy atom. The van der Waals surface area contributed by atoms with Crippen LogP contribution in [-0.4, -0.2) is 9.97 Å². The maximum absolute atomic E-state index is 8.61. The van der Waals surface area contributed by atoms with Gasteiger partial charge in [-0.1, -0.05) is 54.6 Å².